The van der Waals surface area contributed by atoms with Crippen molar-refractivity contribution in [2.45, 2.75) is 77.2 Å². The molecule has 0 N–H and O–H groups in total. The average Bonchev–Trinajstić information content (AvgIpc) is 3.15. The van der Waals surface area contributed by atoms with E-state index in [0.29, 0.717) is 12.7 Å². The van der Waals surface area contributed by atoms with Gasteiger partial charge < -0.3 is 9.47 Å². The van der Waals surface area contributed by atoms with Gasteiger partial charge in [-0.25, -0.2) is 0 Å². The van der Waals surface area contributed by atoms with Crippen LogP contribution in [0.15, 0.2) is 0 Å². The quantitative estimate of drug-likeness (QED) is 0.622. The fourth-order valence-corrected chi connectivity index (χ4v) is 4.37. The molecule has 0 aromatic carbocycles. The van der Waals surface area contributed by atoms with Crippen LogP contribution in [0.5, 0.6) is 0 Å². The average molecular weight is 411 g/mol. The molecule has 1 atom stereocenters. The Bertz CT molecular complexity index is 394. The number of hydrogen-bond donors (Lipinski definition) is 0. The van der Waals surface area contributed by atoms with E-state index in [1.165, 1.54) is 58.3 Å². The van der Waals surface area contributed by atoms with Crippen LogP contribution in [0.4, 0.5) is 0 Å². The van der Waals surface area contributed by atoms with E-state index >= 15 is 0 Å². The maximum atomic E-state index is 11.9. The molecule has 0 aromatic rings. The van der Waals surface area contributed by atoms with Crippen LogP contribution < -0.4 is 0 Å². The molecule has 3 aliphatic rings. The molecule has 2 heterocycles. The van der Waals surface area contributed by atoms with Crippen LogP contribution in [0.1, 0.15) is 64.7 Å². The molecule has 26 heavy (non-hydrogen) atoms. The van der Waals surface area contributed by atoms with Gasteiger partial charge in [-0.2, -0.15) is 0 Å². The number of carbonyl (C=O) groups is 1. The van der Waals surface area contributed by atoms with Crippen LogP contribution in [0.2, 0.25) is 0 Å². The van der Waals surface area contributed by atoms with Crippen LogP contribution in [0, 0.1) is 5.92 Å². The summed E-state index contributed by atoms with van der Waals surface area (Å²) in [6, 6.07) is 0. The molecule has 0 spiro atoms. The van der Waals surface area contributed by atoms with Crippen molar-refractivity contribution in [3.63, 3.8) is 0 Å². The zero-order valence-corrected chi connectivity index (χ0v) is 17.7. The minimum Gasteiger partial charge on any atom is -0.466 e. The van der Waals surface area contributed by atoms with Crippen LogP contribution in [-0.4, -0.2) is 61.0 Å². The highest BCUT2D eigenvalue weighted by Crippen LogP contribution is 2.30. The van der Waals surface area contributed by atoms with Gasteiger partial charge in [0.05, 0.1) is 18.6 Å². The van der Waals surface area contributed by atoms with E-state index in [4.69, 9.17) is 9.47 Å². The molecule has 3 rings (SSSR count). The highest BCUT2D eigenvalue weighted by molar-refractivity contribution is 5.85. The van der Waals surface area contributed by atoms with E-state index in [0.717, 1.165) is 25.7 Å². The van der Waals surface area contributed by atoms with Crippen molar-refractivity contribution in [2.75, 3.05) is 32.8 Å². The second-order valence-corrected chi connectivity index (χ2v) is 7.53. The summed E-state index contributed by atoms with van der Waals surface area (Å²) in [6.07, 6.45) is 10.8. The van der Waals surface area contributed by atoms with Crippen molar-refractivity contribution in [1.29, 1.82) is 0 Å². The Hall–Kier alpha value is -0.0700. The maximum absolute atomic E-state index is 11.9. The highest BCUT2D eigenvalue weighted by Gasteiger charge is 2.34. The van der Waals surface area contributed by atoms with E-state index < -0.39 is 0 Å². The molecule has 0 aromatic heterocycles. The number of hydrogen-bond acceptors (Lipinski definition) is 5. The number of esters is 1. The van der Waals surface area contributed by atoms with E-state index in [1.54, 1.807) is 0 Å². The lowest BCUT2D eigenvalue weighted by Gasteiger charge is -2.42. The number of nitrogens with zero attached hydrogens (tertiary/aromatic N) is 2. The fraction of sp³-hybridized carbons (Fsp3) is 0.947. The summed E-state index contributed by atoms with van der Waals surface area (Å²) in [6.45, 7) is 7.03. The van der Waals surface area contributed by atoms with Gasteiger partial charge in [0.25, 0.3) is 0 Å². The third kappa shape index (κ3) is 6.52. The first-order valence-electron chi connectivity index (χ1n) is 10.1. The third-order valence-electron chi connectivity index (χ3n) is 5.76. The third-order valence-corrected chi connectivity index (χ3v) is 5.76. The number of carbonyl (C=O) groups excluding carboxylic acids is 1. The molecule has 0 amide bonds. The van der Waals surface area contributed by atoms with Gasteiger partial charge in [0.1, 0.15) is 0 Å². The minimum atomic E-state index is -0.0110. The van der Waals surface area contributed by atoms with Gasteiger partial charge in [0.15, 0.2) is 6.35 Å². The second-order valence-electron chi connectivity index (χ2n) is 7.53. The van der Waals surface area contributed by atoms with Crippen molar-refractivity contribution in [1.82, 2.24) is 9.80 Å². The molecule has 1 aliphatic carbocycles. The first-order valence-corrected chi connectivity index (χ1v) is 10.1. The fourth-order valence-electron chi connectivity index (χ4n) is 4.37. The molecule has 0 bridgehead atoms. The summed E-state index contributed by atoms with van der Waals surface area (Å²) in [5.41, 5.74) is 0. The molecule has 5 nitrogen and oxygen atoms in total. The van der Waals surface area contributed by atoms with Gasteiger partial charge in [0, 0.05) is 26.2 Å². The first-order chi connectivity index (χ1) is 11.8. The van der Waals surface area contributed by atoms with Gasteiger partial charge in [-0.05, 0) is 58.3 Å². The SMILES string of the molecule is CCOC(=O)[C@H]1CC[C@H](OC(N2CCCCC2)N2CCCC2)CC1.Cl.Cl. The van der Waals surface area contributed by atoms with Crippen LogP contribution in [0.25, 0.3) is 0 Å². The molecule has 3 fully saturated rings. The van der Waals surface area contributed by atoms with Gasteiger partial charge in [-0.15, -0.1) is 24.8 Å². The Morgan fingerprint density at radius 3 is 1.88 bits per heavy atom. The number of ether oxygens (including phenoxy) is 2. The lowest BCUT2D eigenvalue weighted by molar-refractivity contribution is -0.188. The molecule has 2 aliphatic heterocycles. The predicted octanol–water partition coefficient (Wildman–Crippen LogP) is 3.83. The molecule has 7 heteroatoms. The Morgan fingerprint density at radius 1 is 0.885 bits per heavy atom. The Labute approximate surface area is 171 Å². The zero-order chi connectivity index (χ0) is 16.8. The summed E-state index contributed by atoms with van der Waals surface area (Å²) in [5, 5.41) is 0. The van der Waals surface area contributed by atoms with Crippen molar-refractivity contribution in [3.05, 3.63) is 0 Å². The van der Waals surface area contributed by atoms with Crippen LogP contribution in [-0.2, 0) is 14.3 Å². The normalized spacial score (nSPS) is 28.7. The molecule has 0 radical (unpaired) electrons. The number of likely N-dealkylation sites (tertiary alicyclic amines) is 2. The molecular weight excluding hydrogens is 375 g/mol. The van der Waals surface area contributed by atoms with Crippen molar-refractivity contribution < 1.29 is 14.3 Å². The summed E-state index contributed by atoms with van der Waals surface area (Å²) in [4.78, 5) is 17.0. The Balaban J connectivity index is 0.00000169. The van der Waals surface area contributed by atoms with Gasteiger partial charge in [-0.1, -0.05) is 6.42 Å². The van der Waals surface area contributed by atoms with Gasteiger partial charge in [-0.3, -0.25) is 14.6 Å². The molecule has 154 valence electrons. The van der Waals surface area contributed by atoms with E-state index in [2.05, 4.69) is 9.80 Å². The Kier molecular flexibility index (Phi) is 11.4. The summed E-state index contributed by atoms with van der Waals surface area (Å²) in [5.74, 6) is 0.0769. The van der Waals surface area contributed by atoms with Gasteiger partial charge in [0.2, 0.25) is 0 Å². The van der Waals surface area contributed by atoms with Crippen LogP contribution >= 0.6 is 24.8 Å². The molecule has 2 saturated heterocycles. The summed E-state index contributed by atoms with van der Waals surface area (Å²) >= 11 is 0. The van der Waals surface area contributed by atoms with Crippen molar-refractivity contribution in [3.8, 4) is 0 Å². The largest absolute Gasteiger partial charge is 0.466 e. The first kappa shape index (κ1) is 24.0. The number of piperidine rings is 1. The van der Waals surface area contributed by atoms with E-state index in [9.17, 15) is 4.79 Å². The van der Waals surface area contributed by atoms with Crippen LogP contribution in [0.3, 0.4) is 0 Å². The van der Waals surface area contributed by atoms with E-state index in [1.807, 2.05) is 6.92 Å². The topological polar surface area (TPSA) is 42.0 Å². The zero-order valence-electron chi connectivity index (χ0n) is 16.1. The molecule has 1 saturated carbocycles. The minimum absolute atomic E-state index is 0. The Morgan fingerprint density at radius 2 is 1.38 bits per heavy atom. The smallest absolute Gasteiger partial charge is 0.308 e. The molecule has 1 unspecified atom stereocenters. The maximum Gasteiger partial charge on any atom is 0.308 e. The van der Waals surface area contributed by atoms with Gasteiger partial charge >= 0.3 is 5.97 Å². The predicted molar refractivity (Wildman–Crippen MR) is 108 cm³/mol. The lowest BCUT2D eigenvalue weighted by atomic mass is 9.87. The number of rotatable bonds is 6. The summed E-state index contributed by atoms with van der Waals surface area (Å²) < 4.78 is 11.8. The van der Waals surface area contributed by atoms with Crippen molar-refractivity contribution >= 4 is 30.8 Å². The monoisotopic (exact) mass is 410 g/mol. The van der Waals surface area contributed by atoms with Crippen molar-refractivity contribution in [2.24, 2.45) is 5.92 Å². The number of halogens is 2. The highest BCUT2D eigenvalue weighted by atomic mass is 35.5. The standard InChI is InChI=1S/C19H34N2O3.2ClH/c1-2-23-18(22)16-8-10-17(11-9-16)24-19(21-14-6-7-15-21)20-12-4-3-5-13-20;;/h16-17,19H,2-15H2,1H3;2*1H/t16-,17-,19?;;. The lowest BCUT2D eigenvalue weighted by Crippen LogP contribution is -2.52. The van der Waals surface area contributed by atoms with E-state index in [-0.39, 0.29) is 43.1 Å². The summed E-state index contributed by atoms with van der Waals surface area (Å²) in [7, 11) is 0. The molecular formula is C19H36Cl2N2O3. The second kappa shape index (κ2) is 12.4.